The minimum atomic E-state index is -0.190. The van der Waals surface area contributed by atoms with E-state index in [0.29, 0.717) is 15.8 Å². The van der Waals surface area contributed by atoms with E-state index in [-0.39, 0.29) is 17.9 Å². The lowest BCUT2D eigenvalue weighted by Gasteiger charge is -2.07. The molecule has 0 aliphatic rings. The smallest absolute Gasteiger partial charge is 0.263 e. The normalized spacial score (nSPS) is 11.2. The Bertz CT molecular complexity index is 1460. The monoisotopic (exact) mass is 410 g/mol. The van der Waals surface area contributed by atoms with Gasteiger partial charge in [-0.2, -0.15) is 0 Å². The third-order valence-electron chi connectivity index (χ3n) is 5.31. The molecule has 0 fully saturated rings. The summed E-state index contributed by atoms with van der Waals surface area (Å²) in [5.74, 6) is -0.110. The van der Waals surface area contributed by atoms with Gasteiger partial charge in [-0.1, -0.05) is 66.2 Å². The SMILES string of the molecule is Cc1ccc(C(=O)Cn2cnc3scc(-c4ccc5ccccc5c4)c3c2=O)cc1. The van der Waals surface area contributed by atoms with Crippen LogP contribution in [-0.2, 0) is 6.54 Å². The number of ketones is 1. The van der Waals surface area contributed by atoms with Crippen molar-refractivity contribution in [3.05, 3.63) is 99.9 Å². The number of aryl methyl sites for hydroxylation is 1. The molecule has 0 radical (unpaired) electrons. The lowest BCUT2D eigenvalue weighted by Crippen LogP contribution is -2.24. The first-order valence-electron chi connectivity index (χ1n) is 9.66. The minimum Gasteiger partial charge on any atom is -0.292 e. The van der Waals surface area contributed by atoms with Gasteiger partial charge in [0, 0.05) is 16.5 Å². The summed E-state index contributed by atoms with van der Waals surface area (Å²) >= 11 is 1.44. The van der Waals surface area contributed by atoms with Crippen LogP contribution in [0.3, 0.4) is 0 Å². The zero-order valence-electron chi connectivity index (χ0n) is 16.3. The number of carbonyl (C=O) groups excluding carboxylic acids is 1. The predicted octanol–water partition coefficient (Wildman–Crippen LogP) is 5.47. The Morgan fingerprint density at radius 3 is 2.57 bits per heavy atom. The number of rotatable bonds is 4. The summed E-state index contributed by atoms with van der Waals surface area (Å²) in [4.78, 5) is 31.0. The van der Waals surface area contributed by atoms with Crippen molar-refractivity contribution in [2.24, 2.45) is 0 Å². The Balaban J connectivity index is 1.57. The number of thiophene rings is 1. The van der Waals surface area contributed by atoms with E-state index in [1.54, 1.807) is 12.1 Å². The van der Waals surface area contributed by atoms with E-state index in [2.05, 4.69) is 29.2 Å². The third-order valence-corrected chi connectivity index (χ3v) is 6.20. The van der Waals surface area contributed by atoms with Gasteiger partial charge in [-0.3, -0.25) is 14.2 Å². The molecule has 0 bridgehead atoms. The van der Waals surface area contributed by atoms with Gasteiger partial charge < -0.3 is 0 Å². The van der Waals surface area contributed by atoms with Gasteiger partial charge in [0.1, 0.15) is 4.83 Å². The fraction of sp³-hybridized carbons (Fsp3) is 0.0800. The molecule has 146 valence electrons. The van der Waals surface area contributed by atoms with Crippen LogP contribution in [0.25, 0.3) is 32.1 Å². The lowest BCUT2D eigenvalue weighted by atomic mass is 10.0. The van der Waals surface area contributed by atoms with Crippen LogP contribution in [0.1, 0.15) is 15.9 Å². The fourth-order valence-corrected chi connectivity index (χ4v) is 4.54. The Hall–Kier alpha value is -3.57. The number of benzene rings is 3. The second kappa shape index (κ2) is 7.35. The average molecular weight is 410 g/mol. The quantitative estimate of drug-likeness (QED) is 0.369. The molecule has 5 rings (SSSR count). The molecule has 4 nitrogen and oxygen atoms in total. The summed E-state index contributed by atoms with van der Waals surface area (Å²) in [6, 6.07) is 21.7. The first-order valence-corrected chi connectivity index (χ1v) is 10.5. The molecule has 2 heterocycles. The predicted molar refractivity (Wildman–Crippen MR) is 122 cm³/mol. The van der Waals surface area contributed by atoms with Gasteiger partial charge in [0.2, 0.25) is 0 Å². The van der Waals surface area contributed by atoms with Crippen LogP contribution in [0.4, 0.5) is 0 Å². The average Bonchev–Trinajstić information content (AvgIpc) is 3.21. The number of hydrogen-bond donors (Lipinski definition) is 0. The van der Waals surface area contributed by atoms with Crippen LogP contribution in [0, 0.1) is 6.92 Å². The molecule has 2 aromatic heterocycles. The number of carbonyl (C=O) groups is 1. The molecule has 0 spiro atoms. The molecule has 0 aliphatic heterocycles. The molecule has 0 N–H and O–H groups in total. The highest BCUT2D eigenvalue weighted by Crippen LogP contribution is 2.32. The van der Waals surface area contributed by atoms with Crippen LogP contribution in [0.15, 0.2) is 83.2 Å². The summed E-state index contributed by atoms with van der Waals surface area (Å²) in [5, 5.41) is 4.80. The summed E-state index contributed by atoms with van der Waals surface area (Å²) in [6.07, 6.45) is 1.47. The molecule has 0 aliphatic carbocycles. The summed E-state index contributed by atoms with van der Waals surface area (Å²) in [6.45, 7) is 1.94. The highest BCUT2D eigenvalue weighted by atomic mass is 32.1. The first kappa shape index (κ1) is 18.5. The Labute approximate surface area is 177 Å². The summed E-state index contributed by atoms with van der Waals surface area (Å²) in [7, 11) is 0. The van der Waals surface area contributed by atoms with Gasteiger partial charge in [-0.15, -0.1) is 11.3 Å². The van der Waals surface area contributed by atoms with Gasteiger partial charge in [0.25, 0.3) is 5.56 Å². The first-order chi connectivity index (χ1) is 14.6. The van der Waals surface area contributed by atoms with Crippen molar-refractivity contribution in [2.75, 3.05) is 0 Å². The van der Waals surface area contributed by atoms with Crippen molar-refractivity contribution in [3.8, 4) is 11.1 Å². The summed E-state index contributed by atoms with van der Waals surface area (Å²) in [5.41, 5.74) is 3.32. The number of hydrogen-bond acceptors (Lipinski definition) is 4. The van der Waals surface area contributed by atoms with Crippen molar-refractivity contribution in [2.45, 2.75) is 13.5 Å². The Morgan fingerprint density at radius 1 is 1.00 bits per heavy atom. The van der Waals surface area contributed by atoms with E-state index in [1.807, 2.05) is 42.6 Å². The van der Waals surface area contributed by atoms with Gasteiger partial charge in [-0.25, -0.2) is 4.98 Å². The molecule has 0 unspecified atom stereocenters. The van der Waals surface area contributed by atoms with Crippen LogP contribution < -0.4 is 5.56 Å². The van der Waals surface area contributed by atoms with E-state index < -0.39 is 0 Å². The maximum absolute atomic E-state index is 13.2. The zero-order valence-corrected chi connectivity index (χ0v) is 17.1. The van der Waals surface area contributed by atoms with Crippen LogP contribution in [0.5, 0.6) is 0 Å². The molecule has 5 heteroatoms. The van der Waals surface area contributed by atoms with Crippen LogP contribution in [0.2, 0.25) is 0 Å². The number of fused-ring (bicyclic) bond motifs is 2. The van der Waals surface area contributed by atoms with Crippen molar-refractivity contribution in [3.63, 3.8) is 0 Å². The van der Waals surface area contributed by atoms with Crippen molar-refractivity contribution in [1.29, 1.82) is 0 Å². The molecule has 0 atom stereocenters. The Kier molecular flexibility index (Phi) is 4.52. The van der Waals surface area contributed by atoms with E-state index in [1.165, 1.54) is 22.2 Å². The van der Waals surface area contributed by atoms with E-state index in [4.69, 9.17) is 0 Å². The van der Waals surface area contributed by atoms with Gasteiger partial charge in [0.05, 0.1) is 18.3 Å². The Morgan fingerprint density at radius 2 is 1.77 bits per heavy atom. The van der Waals surface area contributed by atoms with Crippen LogP contribution >= 0.6 is 11.3 Å². The summed E-state index contributed by atoms with van der Waals surface area (Å²) < 4.78 is 1.40. The second-order valence-electron chi connectivity index (χ2n) is 7.36. The maximum Gasteiger partial charge on any atom is 0.263 e. The lowest BCUT2D eigenvalue weighted by molar-refractivity contribution is 0.0970. The molecule has 0 saturated carbocycles. The molecule has 0 amide bonds. The number of aromatic nitrogens is 2. The largest absolute Gasteiger partial charge is 0.292 e. The number of Topliss-reactive ketones (excluding diaryl/α,β-unsaturated/α-hetero) is 1. The molecular weight excluding hydrogens is 392 g/mol. The maximum atomic E-state index is 13.2. The second-order valence-corrected chi connectivity index (χ2v) is 8.22. The standard InChI is InChI=1S/C25H18N2O2S/c1-16-6-8-18(9-7-16)22(28)13-27-15-26-24-23(25(27)29)21(14-30-24)20-11-10-17-4-2-3-5-19(17)12-20/h2-12,14-15H,13H2,1H3. The van der Waals surface area contributed by atoms with Crippen molar-refractivity contribution in [1.82, 2.24) is 9.55 Å². The molecule has 0 saturated heterocycles. The topological polar surface area (TPSA) is 52.0 Å². The highest BCUT2D eigenvalue weighted by Gasteiger charge is 2.15. The molecule has 3 aromatic carbocycles. The van der Waals surface area contributed by atoms with Gasteiger partial charge in [-0.05, 0) is 29.3 Å². The van der Waals surface area contributed by atoms with E-state index in [9.17, 15) is 9.59 Å². The van der Waals surface area contributed by atoms with Gasteiger partial charge >= 0.3 is 0 Å². The van der Waals surface area contributed by atoms with Crippen molar-refractivity contribution < 1.29 is 4.79 Å². The van der Waals surface area contributed by atoms with Gasteiger partial charge in [0.15, 0.2) is 5.78 Å². The third kappa shape index (κ3) is 3.23. The van der Waals surface area contributed by atoms with E-state index in [0.717, 1.165) is 27.5 Å². The van der Waals surface area contributed by atoms with E-state index >= 15 is 0 Å². The number of nitrogens with zero attached hydrogens (tertiary/aromatic N) is 2. The molecule has 30 heavy (non-hydrogen) atoms. The molecular formula is C25H18N2O2S. The van der Waals surface area contributed by atoms with Crippen LogP contribution in [-0.4, -0.2) is 15.3 Å². The minimum absolute atomic E-state index is 0.0299. The molecule has 5 aromatic rings. The van der Waals surface area contributed by atoms with Crippen molar-refractivity contribution >= 4 is 38.1 Å². The fourth-order valence-electron chi connectivity index (χ4n) is 3.63. The highest BCUT2D eigenvalue weighted by molar-refractivity contribution is 7.17. The zero-order chi connectivity index (χ0) is 20.7.